The number of hydrogen-bond donors (Lipinski definition) is 2. The van der Waals surface area contributed by atoms with Crippen molar-refractivity contribution in [2.24, 2.45) is 5.92 Å². The van der Waals surface area contributed by atoms with Crippen molar-refractivity contribution in [1.29, 1.82) is 0 Å². The Morgan fingerprint density at radius 1 is 1.05 bits per heavy atom. The molecule has 1 atom stereocenters. The maximum Gasteiger partial charge on any atom is 0.417 e. The highest BCUT2D eigenvalue weighted by atomic mass is 19.4. The van der Waals surface area contributed by atoms with Gasteiger partial charge in [0.15, 0.2) is 5.82 Å². The molecule has 39 heavy (non-hydrogen) atoms. The van der Waals surface area contributed by atoms with E-state index in [1.165, 1.54) is 16.9 Å². The van der Waals surface area contributed by atoms with E-state index in [0.717, 1.165) is 41.9 Å². The number of anilines is 1. The van der Waals surface area contributed by atoms with Gasteiger partial charge in [0.2, 0.25) is 5.91 Å². The summed E-state index contributed by atoms with van der Waals surface area (Å²) in [5.41, 5.74) is 2.85. The zero-order valence-corrected chi connectivity index (χ0v) is 22.5. The number of halogens is 3. The Balaban J connectivity index is 1.43. The first-order valence-corrected chi connectivity index (χ1v) is 12.6. The number of nitrogens with one attached hydrogen (secondary N) is 2. The molecule has 0 spiro atoms. The summed E-state index contributed by atoms with van der Waals surface area (Å²) in [6, 6.07) is 3.95. The Hall–Kier alpha value is -4.02. The Morgan fingerprint density at radius 2 is 1.79 bits per heavy atom. The summed E-state index contributed by atoms with van der Waals surface area (Å²) in [6.07, 6.45) is 3.35. The number of carbonyl (C=O) groups excluding carboxylic acids is 2. The summed E-state index contributed by atoms with van der Waals surface area (Å²) in [5.74, 6) is -0.258. The van der Waals surface area contributed by atoms with Gasteiger partial charge in [-0.1, -0.05) is 6.08 Å². The molecule has 3 aromatic rings. The average molecular weight is 541 g/mol. The predicted molar refractivity (Wildman–Crippen MR) is 141 cm³/mol. The van der Waals surface area contributed by atoms with E-state index in [2.05, 4.69) is 31.8 Å². The van der Waals surface area contributed by atoms with Crippen LogP contribution in [0.4, 0.5) is 18.9 Å². The number of nitrogens with zero attached hydrogens (tertiary/aromatic N) is 4. The predicted octanol–water partition coefficient (Wildman–Crippen LogP) is 5.65. The summed E-state index contributed by atoms with van der Waals surface area (Å²) in [5, 5.41) is 9.98. The van der Waals surface area contributed by atoms with Crippen LogP contribution in [-0.2, 0) is 11.0 Å². The third-order valence-corrected chi connectivity index (χ3v) is 6.47. The highest BCUT2D eigenvalue weighted by molar-refractivity contribution is 6.05. The third kappa shape index (κ3) is 6.52. The molecule has 0 fully saturated rings. The first kappa shape index (κ1) is 28.0. The highest BCUT2D eigenvalue weighted by Crippen LogP contribution is 2.32. The quantitative estimate of drug-likeness (QED) is 0.436. The summed E-state index contributed by atoms with van der Waals surface area (Å²) in [6.45, 7) is 9.45. The van der Waals surface area contributed by atoms with Crippen molar-refractivity contribution in [2.75, 3.05) is 5.32 Å². The number of pyridine rings is 2. The monoisotopic (exact) mass is 540 g/mol. The molecule has 0 radical (unpaired) electrons. The fourth-order valence-electron chi connectivity index (χ4n) is 4.48. The van der Waals surface area contributed by atoms with Crippen molar-refractivity contribution >= 4 is 23.1 Å². The molecule has 1 aliphatic carbocycles. The lowest BCUT2D eigenvalue weighted by Crippen LogP contribution is -2.44. The van der Waals surface area contributed by atoms with E-state index in [9.17, 15) is 22.8 Å². The SMILES string of the molecule is Cc1cc(NC(=O)c2cnn(-c3ccc(C(F)(F)F)cn3)c2C)cnc1C1=CCC(C(=O)NC(C)(C)C)CC1. The Kier molecular flexibility index (Phi) is 7.63. The van der Waals surface area contributed by atoms with Crippen molar-refractivity contribution in [3.63, 3.8) is 0 Å². The summed E-state index contributed by atoms with van der Waals surface area (Å²) in [7, 11) is 0. The summed E-state index contributed by atoms with van der Waals surface area (Å²) in [4.78, 5) is 33.9. The van der Waals surface area contributed by atoms with Gasteiger partial charge in [-0.3, -0.25) is 14.6 Å². The minimum atomic E-state index is -4.49. The average Bonchev–Trinajstić information content (AvgIpc) is 3.24. The lowest BCUT2D eigenvalue weighted by Gasteiger charge is -2.27. The van der Waals surface area contributed by atoms with E-state index in [4.69, 9.17) is 0 Å². The Morgan fingerprint density at radius 3 is 2.36 bits per heavy atom. The fourth-order valence-corrected chi connectivity index (χ4v) is 4.48. The van der Waals surface area contributed by atoms with E-state index < -0.39 is 17.6 Å². The second kappa shape index (κ2) is 10.6. The van der Waals surface area contributed by atoms with Gasteiger partial charge >= 0.3 is 6.18 Å². The van der Waals surface area contributed by atoms with Gasteiger partial charge in [0.25, 0.3) is 5.91 Å². The van der Waals surface area contributed by atoms with Crippen LogP contribution in [0.1, 0.15) is 72.9 Å². The summed E-state index contributed by atoms with van der Waals surface area (Å²) >= 11 is 0. The van der Waals surface area contributed by atoms with Gasteiger partial charge in [0.1, 0.15) is 0 Å². The molecule has 2 amide bonds. The number of hydrogen-bond acceptors (Lipinski definition) is 5. The molecule has 3 heterocycles. The van der Waals surface area contributed by atoms with Crippen molar-refractivity contribution < 1.29 is 22.8 Å². The van der Waals surface area contributed by atoms with Crippen molar-refractivity contribution in [1.82, 2.24) is 25.1 Å². The van der Waals surface area contributed by atoms with Crippen molar-refractivity contribution in [2.45, 2.75) is 65.6 Å². The second-order valence-electron chi connectivity index (χ2n) is 10.7. The highest BCUT2D eigenvalue weighted by Gasteiger charge is 2.31. The third-order valence-electron chi connectivity index (χ3n) is 6.47. The normalized spacial score (nSPS) is 16.0. The second-order valence-corrected chi connectivity index (χ2v) is 10.7. The van der Waals surface area contributed by atoms with Gasteiger partial charge in [0.05, 0.1) is 40.6 Å². The molecule has 206 valence electrons. The zero-order chi connectivity index (χ0) is 28.5. The first-order chi connectivity index (χ1) is 18.2. The van der Waals surface area contributed by atoms with Crippen LogP contribution in [-0.4, -0.2) is 37.1 Å². The largest absolute Gasteiger partial charge is 0.417 e. The van der Waals surface area contributed by atoms with E-state index in [-0.39, 0.29) is 28.7 Å². The van der Waals surface area contributed by atoms with Gasteiger partial charge < -0.3 is 10.6 Å². The van der Waals surface area contributed by atoms with Crippen LogP contribution < -0.4 is 10.6 Å². The lowest BCUT2D eigenvalue weighted by molar-refractivity contribution is -0.137. The van der Waals surface area contributed by atoms with E-state index in [1.54, 1.807) is 13.1 Å². The Labute approximate surface area is 224 Å². The number of allylic oxidation sites excluding steroid dienone is 2. The molecule has 8 nitrogen and oxygen atoms in total. The molecule has 3 aromatic heterocycles. The van der Waals surface area contributed by atoms with Crippen LogP contribution in [0.5, 0.6) is 0 Å². The molecule has 2 N–H and O–H groups in total. The molecule has 1 unspecified atom stereocenters. The molecule has 1 aliphatic rings. The maximum atomic E-state index is 13.0. The first-order valence-electron chi connectivity index (χ1n) is 12.6. The lowest BCUT2D eigenvalue weighted by atomic mass is 9.86. The van der Waals surface area contributed by atoms with Crippen LogP contribution in [0.2, 0.25) is 0 Å². The number of amides is 2. The van der Waals surface area contributed by atoms with Gasteiger partial charge in [-0.05, 0) is 83.2 Å². The molecule has 0 aliphatic heterocycles. The number of rotatable bonds is 5. The van der Waals surface area contributed by atoms with Crippen LogP contribution in [0.25, 0.3) is 11.4 Å². The van der Waals surface area contributed by atoms with Gasteiger partial charge in [-0.2, -0.15) is 18.3 Å². The minimum Gasteiger partial charge on any atom is -0.351 e. The molecular formula is C28H31F3N6O2. The molecule has 4 rings (SSSR count). The minimum absolute atomic E-state index is 0.0613. The van der Waals surface area contributed by atoms with Crippen LogP contribution in [0, 0.1) is 19.8 Å². The van der Waals surface area contributed by atoms with Gasteiger partial charge in [0, 0.05) is 17.7 Å². The van der Waals surface area contributed by atoms with E-state index in [0.29, 0.717) is 17.8 Å². The number of carbonyl (C=O) groups is 2. The standard InChI is InChI=1S/C28H31F3N6O2/c1-16-12-21(14-33-24(16)18-6-8-19(9-7-18)25(38)36-27(3,4)5)35-26(39)22-15-34-37(17(22)2)23-11-10-20(13-32-23)28(29,30)31/h6,10-15,19H,7-9H2,1-5H3,(H,35,39)(H,36,38). The van der Waals surface area contributed by atoms with E-state index >= 15 is 0 Å². The Bertz CT molecular complexity index is 1420. The maximum absolute atomic E-state index is 13.0. The van der Waals surface area contributed by atoms with Gasteiger partial charge in [-0.15, -0.1) is 0 Å². The van der Waals surface area contributed by atoms with Crippen LogP contribution in [0.3, 0.4) is 0 Å². The molecule has 0 saturated heterocycles. The molecule has 0 saturated carbocycles. The molecular weight excluding hydrogens is 509 g/mol. The molecule has 11 heteroatoms. The van der Waals surface area contributed by atoms with E-state index in [1.807, 2.05) is 33.8 Å². The molecule has 0 aromatic carbocycles. The van der Waals surface area contributed by atoms with Crippen LogP contribution in [0.15, 0.2) is 42.9 Å². The zero-order valence-electron chi connectivity index (χ0n) is 22.5. The van der Waals surface area contributed by atoms with Crippen molar-refractivity contribution in [3.05, 3.63) is 70.9 Å². The topological polar surface area (TPSA) is 102 Å². The van der Waals surface area contributed by atoms with Crippen molar-refractivity contribution in [3.8, 4) is 5.82 Å². The molecule has 0 bridgehead atoms. The fraction of sp³-hybridized carbons (Fsp3) is 0.393. The smallest absolute Gasteiger partial charge is 0.351 e. The van der Waals surface area contributed by atoms with Crippen LogP contribution >= 0.6 is 0 Å². The number of alkyl halides is 3. The number of aryl methyl sites for hydroxylation is 1. The number of aromatic nitrogens is 4. The summed E-state index contributed by atoms with van der Waals surface area (Å²) < 4.78 is 39.8. The van der Waals surface area contributed by atoms with Gasteiger partial charge in [-0.25, -0.2) is 9.67 Å².